The van der Waals surface area contributed by atoms with Gasteiger partial charge in [0.15, 0.2) is 0 Å². The van der Waals surface area contributed by atoms with Crippen LogP contribution in [0.4, 0.5) is 10.1 Å². The summed E-state index contributed by atoms with van der Waals surface area (Å²) in [7, 11) is 0. The van der Waals surface area contributed by atoms with E-state index >= 15 is 0 Å². The number of carbonyl (C=O) groups is 1. The number of hydrogen-bond acceptors (Lipinski definition) is 3. The molecule has 1 aromatic rings. The summed E-state index contributed by atoms with van der Waals surface area (Å²) in [6.45, 7) is 2.01. The summed E-state index contributed by atoms with van der Waals surface area (Å²) in [4.78, 5) is 10.8. The summed E-state index contributed by atoms with van der Waals surface area (Å²) in [5.41, 5.74) is 0.313. The van der Waals surface area contributed by atoms with E-state index in [0.717, 1.165) is 19.1 Å². The lowest BCUT2D eigenvalue weighted by atomic mass is 10.1. The number of rotatable bonds is 4. The summed E-state index contributed by atoms with van der Waals surface area (Å²) >= 11 is 0. The van der Waals surface area contributed by atoms with Crippen LogP contribution in [0.5, 0.6) is 0 Å². The predicted octanol–water partition coefficient (Wildman–Crippen LogP) is 1.97. The molecule has 4 nitrogen and oxygen atoms in total. The fourth-order valence-electron chi connectivity index (χ4n) is 1.79. The second kappa shape index (κ2) is 5.14. The number of carboxylic acids is 1. The zero-order valence-electron chi connectivity index (χ0n) is 9.28. The van der Waals surface area contributed by atoms with Gasteiger partial charge in [0.1, 0.15) is 5.82 Å². The van der Waals surface area contributed by atoms with Crippen molar-refractivity contribution in [2.45, 2.75) is 6.42 Å². The number of ether oxygens (including phenoxy) is 1. The number of benzene rings is 1. The fourth-order valence-corrected chi connectivity index (χ4v) is 1.79. The molecule has 17 heavy (non-hydrogen) atoms. The van der Waals surface area contributed by atoms with Gasteiger partial charge in [0, 0.05) is 19.1 Å². The topological polar surface area (TPSA) is 58.6 Å². The highest BCUT2D eigenvalue weighted by atomic mass is 19.1. The van der Waals surface area contributed by atoms with Crippen molar-refractivity contribution in [2.24, 2.45) is 5.92 Å². The van der Waals surface area contributed by atoms with Crippen molar-refractivity contribution >= 4 is 11.7 Å². The Labute approximate surface area is 98.4 Å². The molecule has 1 aromatic carbocycles. The SMILES string of the molecule is O=C(O)c1ccc(F)c(NCC2CCOC2)c1. The van der Waals surface area contributed by atoms with Crippen molar-refractivity contribution in [1.29, 1.82) is 0 Å². The molecule has 0 spiro atoms. The van der Waals surface area contributed by atoms with Crippen molar-refractivity contribution in [3.63, 3.8) is 0 Å². The maximum Gasteiger partial charge on any atom is 0.335 e. The summed E-state index contributed by atoms with van der Waals surface area (Å²) in [6.07, 6.45) is 0.952. The number of carboxylic acid groups (broad SMARTS) is 1. The standard InChI is InChI=1S/C12H14FNO3/c13-10-2-1-9(12(15)16)5-11(10)14-6-8-3-4-17-7-8/h1-2,5,8,14H,3-4,6-7H2,(H,15,16). The van der Waals surface area contributed by atoms with Crippen molar-refractivity contribution in [3.8, 4) is 0 Å². The second-order valence-electron chi connectivity index (χ2n) is 4.11. The number of nitrogens with one attached hydrogen (secondary N) is 1. The van der Waals surface area contributed by atoms with Crippen LogP contribution in [-0.4, -0.2) is 30.8 Å². The quantitative estimate of drug-likeness (QED) is 0.843. The Kier molecular flexibility index (Phi) is 3.58. The van der Waals surface area contributed by atoms with E-state index in [1.54, 1.807) is 0 Å². The Hall–Kier alpha value is -1.62. The molecule has 1 saturated heterocycles. The molecule has 5 heteroatoms. The van der Waals surface area contributed by atoms with Crippen LogP contribution in [0.25, 0.3) is 0 Å². The van der Waals surface area contributed by atoms with Gasteiger partial charge in [0.2, 0.25) is 0 Å². The van der Waals surface area contributed by atoms with Gasteiger partial charge in [-0.1, -0.05) is 0 Å². The first-order chi connectivity index (χ1) is 8.16. The first kappa shape index (κ1) is 11.9. The normalized spacial score (nSPS) is 19.2. The number of hydrogen-bond donors (Lipinski definition) is 2. The van der Waals surface area contributed by atoms with Crippen LogP contribution in [0.1, 0.15) is 16.8 Å². The van der Waals surface area contributed by atoms with E-state index in [0.29, 0.717) is 19.1 Å². The van der Waals surface area contributed by atoms with E-state index in [1.807, 2.05) is 0 Å². The molecule has 0 aliphatic carbocycles. The fraction of sp³-hybridized carbons (Fsp3) is 0.417. The molecule has 2 N–H and O–H groups in total. The van der Waals surface area contributed by atoms with Gasteiger partial charge >= 0.3 is 5.97 Å². The molecule has 0 bridgehead atoms. The lowest BCUT2D eigenvalue weighted by Gasteiger charge is -2.11. The zero-order valence-corrected chi connectivity index (χ0v) is 9.28. The molecule has 0 radical (unpaired) electrons. The first-order valence-corrected chi connectivity index (χ1v) is 5.51. The van der Waals surface area contributed by atoms with Gasteiger partial charge in [-0.05, 0) is 24.6 Å². The molecule has 0 aromatic heterocycles. The minimum Gasteiger partial charge on any atom is -0.478 e. The average Bonchev–Trinajstić information content (AvgIpc) is 2.80. The van der Waals surface area contributed by atoms with E-state index in [1.165, 1.54) is 12.1 Å². The van der Waals surface area contributed by atoms with E-state index < -0.39 is 11.8 Å². The van der Waals surface area contributed by atoms with Gasteiger partial charge in [0.25, 0.3) is 0 Å². The van der Waals surface area contributed by atoms with Crippen LogP contribution in [0.2, 0.25) is 0 Å². The van der Waals surface area contributed by atoms with Crippen LogP contribution in [0, 0.1) is 11.7 Å². The molecule has 0 amide bonds. The Bertz CT molecular complexity index is 416. The highest BCUT2D eigenvalue weighted by Crippen LogP contribution is 2.18. The molecular formula is C12H14FNO3. The summed E-state index contributed by atoms with van der Waals surface area (Å²) < 4.78 is 18.6. The van der Waals surface area contributed by atoms with Crippen LogP contribution < -0.4 is 5.32 Å². The Morgan fingerprint density at radius 2 is 2.41 bits per heavy atom. The predicted molar refractivity (Wildman–Crippen MR) is 60.8 cm³/mol. The monoisotopic (exact) mass is 239 g/mol. The Balaban J connectivity index is 2.03. The highest BCUT2D eigenvalue weighted by Gasteiger charge is 2.16. The van der Waals surface area contributed by atoms with Crippen molar-refractivity contribution < 1.29 is 19.0 Å². The van der Waals surface area contributed by atoms with Crippen LogP contribution >= 0.6 is 0 Å². The largest absolute Gasteiger partial charge is 0.478 e. The van der Waals surface area contributed by atoms with Crippen molar-refractivity contribution in [1.82, 2.24) is 0 Å². The number of aromatic carboxylic acids is 1. The van der Waals surface area contributed by atoms with Crippen LogP contribution in [0.15, 0.2) is 18.2 Å². The molecule has 2 rings (SSSR count). The van der Waals surface area contributed by atoms with Gasteiger partial charge in [0.05, 0.1) is 17.9 Å². The smallest absolute Gasteiger partial charge is 0.335 e. The van der Waals surface area contributed by atoms with Gasteiger partial charge in [-0.2, -0.15) is 0 Å². The lowest BCUT2D eigenvalue weighted by Crippen LogP contribution is -2.15. The summed E-state index contributed by atoms with van der Waals surface area (Å²) in [5.74, 6) is -1.13. The Morgan fingerprint density at radius 3 is 3.06 bits per heavy atom. The van der Waals surface area contributed by atoms with Crippen molar-refractivity contribution in [3.05, 3.63) is 29.6 Å². The minimum atomic E-state index is -1.06. The maximum atomic E-state index is 13.4. The van der Waals surface area contributed by atoms with Gasteiger partial charge in [-0.25, -0.2) is 9.18 Å². The summed E-state index contributed by atoms with van der Waals surface area (Å²) in [6, 6.07) is 3.73. The van der Waals surface area contributed by atoms with E-state index in [2.05, 4.69) is 5.32 Å². The number of anilines is 1. The van der Waals surface area contributed by atoms with Crippen molar-refractivity contribution in [2.75, 3.05) is 25.1 Å². The molecule has 1 aliphatic rings. The Morgan fingerprint density at radius 1 is 1.59 bits per heavy atom. The second-order valence-corrected chi connectivity index (χ2v) is 4.11. The summed E-state index contributed by atoms with van der Waals surface area (Å²) in [5, 5.41) is 11.7. The van der Waals surface area contributed by atoms with E-state index in [4.69, 9.17) is 9.84 Å². The molecule has 1 heterocycles. The first-order valence-electron chi connectivity index (χ1n) is 5.51. The lowest BCUT2D eigenvalue weighted by molar-refractivity contribution is 0.0697. The number of halogens is 1. The molecule has 1 aliphatic heterocycles. The van der Waals surface area contributed by atoms with E-state index in [-0.39, 0.29) is 11.3 Å². The molecular weight excluding hydrogens is 225 g/mol. The third-order valence-electron chi connectivity index (χ3n) is 2.82. The molecule has 0 saturated carbocycles. The van der Waals surface area contributed by atoms with Gasteiger partial charge < -0.3 is 15.2 Å². The van der Waals surface area contributed by atoms with Gasteiger partial charge in [-0.3, -0.25) is 0 Å². The maximum absolute atomic E-state index is 13.4. The third kappa shape index (κ3) is 2.94. The van der Waals surface area contributed by atoms with Crippen LogP contribution in [-0.2, 0) is 4.74 Å². The molecule has 1 fully saturated rings. The minimum absolute atomic E-state index is 0.0802. The third-order valence-corrected chi connectivity index (χ3v) is 2.82. The molecule has 92 valence electrons. The molecule has 1 atom stereocenters. The van der Waals surface area contributed by atoms with E-state index in [9.17, 15) is 9.18 Å². The molecule has 1 unspecified atom stereocenters. The van der Waals surface area contributed by atoms with Crippen LogP contribution in [0.3, 0.4) is 0 Å². The zero-order chi connectivity index (χ0) is 12.3. The average molecular weight is 239 g/mol. The van der Waals surface area contributed by atoms with Gasteiger partial charge in [-0.15, -0.1) is 0 Å². The highest BCUT2D eigenvalue weighted by molar-refractivity contribution is 5.88.